The number of hydrogen-bond donors (Lipinski definition) is 1. The molecular weight excluding hydrogens is 380 g/mol. The number of piperazine rings is 1. The topological polar surface area (TPSA) is 74.8 Å². The zero-order valence-corrected chi connectivity index (χ0v) is 17.8. The Labute approximate surface area is 178 Å². The number of rotatable bonds is 9. The van der Waals surface area contributed by atoms with Gasteiger partial charge in [-0.15, -0.1) is 0 Å². The van der Waals surface area contributed by atoms with Crippen molar-refractivity contribution in [3.8, 4) is 5.75 Å². The highest BCUT2D eigenvalue weighted by Crippen LogP contribution is 2.16. The molecular formula is C23H30N4O3. The zero-order chi connectivity index (χ0) is 21.3. The first-order chi connectivity index (χ1) is 14.5. The fraction of sp³-hybridized carbons (Fsp3) is 0.435. The van der Waals surface area contributed by atoms with Crippen molar-refractivity contribution in [2.24, 2.45) is 0 Å². The van der Waals surface area contributed by atoms with Crippen LogP contribution in [-0.2, 0) is 11.3 Å². The van der Waals surface area contributed by atoms with E-state index in [1.165, 1.54) is 0 Å². The standard InChI is InChI=1S/C23H30N4O3/c1-3-30-20-6-4-19(5-7-20)21(28)8-9-23(29)25-17-18-10-11-24-22(16-18)27-14-12-26(2)13-15-27/h4-7,10-11,16H,3,8-9,12-15,17H2,1-2H3,(H,25,29). The van der Waals surface area contributed by atoms with Crippen molar-refractivity contribution in [1.29, 1.82) is 0 Å². The van der Waals surface area contributed by atoms with E-state index in [-0.39, 0.29) is 24.5 Å². The van der Waals surface area contributed by atoms with Crippen LogP contribution < -0.4 is 15.0 Å². The van der Waals surface area contributed by atoms with Crippen molar-refractivity contribution in [3.63, 3.8) is 0 Å². The van der Waals surface area contributed by atoms with Crippen molar-refractivity contribution >= 4 is 17.5 Å². The summed E-state index contributed by atoms with van der Waals surface area (Å²) in [5.74, 6) is 1.50. The average molecular weight is 411 g/mol. The molecule has 0 saturated carbocycles. The van der Waals surface area contributed by atoms with E-state index in [1.54, 1.807) is 30.5 Å². The average Bonchev–Trinajstić information content (AvgIpc) is 2.77. The van der Waals surface area contributed by atoms with Crippen molar-refractivity contribution in [2.75, 3.05) is 44.7 Å². The van der Waals surface area contributed by atoms with Crippen LogP contribution in [0.25, 0.3) is 0 Å². The Morgan fingerprint density at radius 3 is 2.50 bits per heavy atom. The molecule has 2 heterocycles. The molecule has 7 heteroatoms. The van der Waals surface area contributed by atoms with Crippen molar-refractivity contribution in [3.05, 3.63) is 53.7 Å². The van der Waals surface area contributed by atoms with Gasteiger partial charge in [0.15, 0.2) is 5.78 Å². The van der Waals surface area contributed by atoms with Gasteiger partial charge in [-0.3, -0.25) is 9.59 Å². The normalized spacial score (nSPS) is 14.4. The molecule has 1 amide bonds. The Balaban J connectivity index is 1.44. The number of Topliss-reactive ketones (excluding diaryl/α,β-unsaturated/α-hetero) is 1. The Hall–Kier alpha value is -2.93. The van der Waals surface area contributed by atoms with E-state index in [2.05, 4.69) is 27.1 Å². The fourth-order valence-corrected chi connectivity index (χ4v) is 3.34. The first kappa shape index (κ1) is 21.8. The fourth-order valence-electron chi connectivity index (χ4n) is 3.34. The van der Waals surface area contributed by atoms with Crippen LogP contribution in [0.3, 0.4) is 0 Å². The number of likely N-dealkylation sites (N-methyl/N-ethyl adjacent to an activating group) is 1. The minimum absolute atomic E-state index is 0.0468. The van der Waals surface area contributed by atoms with Gasteiger partial charge in [-0.1, -0.05) is 0 Å². The van der Waals surface area contributed by atoms with E-state index in [4.69, 9.17) is 4.74 Å². The van der Waals surface area contributed by atoms with Crippen LogP contribution in [0, 0.1) is 0 Å². The predicted molar refractivity (Wildman–Crippen MR) is 117 cm³/mol. The summed E-state index contributed by atoms with van der Waals surface area (Å²) in [6, 6.07) is 11.0. The van der Waals surface area contributed by atoms with Crippen LogP contribution in [-0.4, -0.2) is 61.4 Å². The molecule has 30 heavy (non-hydrogen) atoms. The number of ketones is 1. The van der Waals surface area contributed by atoms with Crippen molar-refractivity contribution in [1.82, 2.24) is 15.2 Å². The molecule has 7 nitrogen and oxygen atoms in total. The van der Waals surface area contributed by atoms with Gasteiger partial charge in [0.05, 0.1) is 6.61 Å². The maximum Gasteiger partial charge on any atom is 0.220 e. The molecule has 1 aliphatic heterocycles. The number of amides is 1. The predicted octanol–water partition coefficient (Wildman–Crippen LogP) is 2.51. The van der Waals surface area contributed by atoms with Crippen molar-refractivity contribution < 1.29 is 14.3 Å². The van der Waals surface area contributed by atoms with Gasteiger partial charge < -0.3 is 19.9 Å². The maximum absolute atomic E-state index is 12.3. The van der Waals surface area contributed by atoms with Gasteiger partial charge in [-0.05, 0) is 55.9 Å². The minimum Gasteiger partial charge on any atom is -0.494 e. The van der Waals surface area contributed by atoms with Gasteiger partial charge in [-0.25, -0.2) is 4.98 Å². The molecule has 1 aromatic carbocycles. The molecule has 1 N–H and O–H groups in total. The first-order valence-corrected chi connectivity index (χ1v) is 10.5. The maximum atomic E-state index is 12.3. The second kappa shape index (κ2) is 10.7. The monoisotopic (exact) mass is 410 g/mol. The number of carbonyl (C=O) groups excluding carboxylic acids is 2. The van der Waals surface area contributed by atoms with Crippen LogP contribution in [0.2, 0.25) is 0 Å². The lowest BCUT2D eigenvalue weighted by atomic mass is 10.1. The number of aromatic nitrogens is 1. The summed E-state index contributed by atoms with van der Waals surface area (Å²) in [5.41, 5.74) is 1.60. The van der Waals surface area contributed by atoms with Gasteiger partial charge in [0.25, 0.3) is 0 Å². The minimum atomic E-state index is -0.132. The second-order valence-electron chi connectivity index (χ2n) is 7.47. The van der Waals surface area contributed by atoms with Crippen LogP contribution >= 0.6 is 0 Å². The molecule has 0 spiro atoms. The van der Waals surface area contributed by atoms with Crippen molar-refractivity contribution in [2.45, 2.75) is 26.3 Å². The number of nitrogens with one attached hydrogen (secondary N) is 1. The number of benzene rings is 1. The molecule has 0 bridgehead atoms. The highest BCUT2D eigenvalue weighted by Gasteiger charge is 2.15. The Bertz CT molecular complexity index is 846. The summed E-state index contributed by atoms with van der Waals surface area (Å²) in [5, 5.41) is 2.90. The molecule has 0 atom stereocenters. The van der Waals surface area contributed by atoms with E-state index in [0.717, 1.165) is 43.3 Å². The Morgan fingerprint density at radius 1 is 1.07 bits per heavy atom. The number of carbonyl (C=O) groups is 2. The van der Waals surface area contributed by atoms with Crippen LogP contribution in [0.5, 0.6) is 5.75 Å². The lowest BCUT2D eigenvalue weighted by Gasteiger charge is -2.33. The Morgan fingerprint density at radius 2 is 1.80 bits per heavy atom. The highest BCUT2D eigenvalue weighted by atomic mass is 16.5. The molecule has 2 aromatic rings. The molecule has 160 valence electrons. The van der Waals surface area contributed by atoms with E-state index in [9.17, 15) is 9.59 Å². The van der Waals surface area contributed by atoms with E-state index >= 15 is 0 Å². The summed E-state index contributed by atoms with van der Waals surface area (Å²) < 4.78 is 5.38. The molecule has 3 rings (SSSR count). The summed E-state index contributed by atoms with van der Waals surface area (Å²) in [4.78, 5) is 33.5. The molecule has 1 saturated heterocycles. The third-order valence-electron chi connectivity index (χ3n) is 5.19. The van der Waals surface area contributed by atoms with Gasteiger partial charge in [0.2, 0.25) is 5.91 Å². The molecule has 0 radical (unpaired) electrons. The third kappa shape index (κ3) is 6.29. The van der Waals surface area contributed by atoms with Crippen LogP contribution in [0.1, 0.15) is 35.7 Å². The van der Waals surface area contributed by atoms with E-state index in [1.807, 2.05) is 19.1 Å². The van der Waals surface area contributed by atoms with Gasteiger partial charge in [0, 0.05) is 57.3 Å². The van der Waals surface area contributed by atoms with Crippen LogP contribution in [0.15, 0.2) is 42.6 Å². The lowest BCUT2D eigenvalue weighted by molar-refractivity contribution is -0.121. The molecule has 1 fully saturated rings. The lowest BCUT2D eigenvalue weighted by Crippen LogP contribution is -2.44. The highest BCUT2D eigenvalue weighted by molar-refractivity contribution is 5.98. The van der Waals surface area contributed by atoms with Gasteiger partial charge in [0.1, 0.15) is 11.6 Å². The molecule has 0 aliphatic carbocycles. The number of pyridine rings is 1. The summed E-state index contributed by atoms with van der Waals surface area (Å²) in [6.07, 6.45) is 2.13. The zero-order valence-electron chi connectivity index (χ0n) is 17.8. The number of ether oxygens (including phenoxy) is 1. The smallest absolute Gasteiger partial charge is 0.220 e. The molecule has 0 unspecified atom stereocenters. The second-order valence-corrected chi connectivity index (χ2v) is 7.47. The molecule has 1 aliphatic rings. The van der Waals surface area contributed by atoms with Gasteiger partial charge in [-0.2, -0.15) is 0 Å². The first-order valence-electron chi connectivity index (χ1n) is 10.5. The molecule has 1 aromatic heterocycles. The van der Waals surface area contributed by atoms with Gasteiger partial charge >= 0.3 is 0 Å². The van der Waals surface area contributed by atoms with Crippen LogP contribution in [0.4, 0.5) is 5.82 Å². The van der Waals surface area contributed by atoms with E-state index < -0.39 is 0 Å². The number of hydrogen-bond acceptors (Lipinski definition) is 6. The summed E-state index contributed by atoms with van der Waals surface area (Å²) >= 11 is 0. The third-order valence-corrected chi connectivity index (χ3v) is 5.19. The largest absolute Gasteiger partial charge is 0.494 e. The number of anilines is 1. The SMILES string of the molecule is CCOc1ccc(C(=O)CCC(=O)NCc2ccnc(N3CCN(C)CC3)c2)cc1. The van der Waals surface area contributed by atoms with E-state index in [0.29, 0.717) is 18.7 Å². The quantitative estimate of drug-likeness (QED) is 0.641. The summed E-state index contributed by atoms with van der Waals surface area (Å²) in [6.45, 7) is 6.87. The summed E-state index contributed by atoms with van der Waals surface area (Å²) in [7, 11) is 2.12. The number of nitrogens with zero attached hydrogens (tertiary/aromatic N) is 3. The Kier molecular flexibility index (Phi) is 7.79.